The summed E-state index contributed by atoms with van der Waals surface area (Å²) in [7, 11) is 6.00. The van der Waals surface area contributed by atoms with Crippen molar-refractivity contribution in [2.45, 2.75) is 13.8 Å². The van der Waals surface area contributed by atoms with Crippen LogP contribution in [-0.4, -0.2) is 26.0 Å². The van der Waals surface area contributed by atoms with E-state index >= 15 is 0 Å². The molecule has 0 heterocycles. The molecule has 1 nitrogen and oxygen atoms in total. The fourth-order valence-electron chi connectivity index (χ4n) is 0.657. The van der Waals surface area contributed by atoms with Crippen molar-refractivity contribution in [3.8, 4) is 0 Å². The maximum Gasteiger partial charge on any atom is -0.0140 e. The molecule has 80 valence electrons. The molecular formula is C13H23N. The quantitative estimate of drug-likeness (QED) is 0.621. The van der Waals surface area contributed by atoms with Gasteiger partial charge in [0.1, 0.15) is 0 Å². The second kappa shape index (κ2) is 10.0. The van der Waals surface area contributed by atoms with Crippen LogP contribution in [0.4, 0.5) is 0 Å². The van der Waals surface area contributed by atoms with Crippen LogP contribution in [0.25, 0.3) is 0 Å². The molecule has 0 spiro atoms. The standard InChI is InChI=1S/C10H14.C3H9N/c1-5-7-8-10(6-2)9(3)4;1-4(2)3/h5-8H,1,3H2,2,4H3;1-3H3/b8-7-,10-6+;. The minimum absolute atomic E-state index is 1.08. The minimum Gasteiger partial charge on any atom is -0.312 e. The summed E-state index contributed by atoms with van der Waals surface area (Å²) in [6.45, 7) is 11.4. The highest BCUT2D eigenvalue weighted by Gasteiger charge is 1.86. The summed E-state index contributed by atoms with van der Waals surface area (Å²) in [6.07, 6.45) is 7.69. The molecule has 0 aliphatic carbocycles. The molecule has 0 fully saturated rings. The first-order chi connectivity index (χ1) is 6.45. The molecule has 1 heteroatoms. The van der Waals surface area contributed by atoms with E-state index in [1.54, 1.807) is 6.08 Å². The second-order valence-corrected chi connectivity index (χ2v) is 3.46. The van der Waals surface area contributed by atoms with Gasteiger partial charge < -0.3 is 4.90 Å². The summed E-state index contributed by atoms with van der Waals surface area (Å²) in [4.78, 5) is 2.00. The summed E-state index contributed by atoms with van der Waals surface area (Å²) >= 11 is 0. The third-order valence-electron chi connectivity index (χ3n) is 1.22. The largest absolute Gasteiger partial charge is 0.312 e. The first-order valence-electron chi connectivity index (χ1n) is 4.67. The lowest BCUT2D eigenvalue weighted by Crippen LogP contribution is -1.99. The lowest BCUT2D eigenvalue weighted by Gasteiger charge is -1.96. The number of allylic oxidation sites excluding steroid dienone is 6. The summed E-state index contributed by atoms with van der Waals surface area (Å²) in [5.41, 5.74) is 2.25. The van der Waals surface area contributed by atoms with Crippen LogP contribution in [0, 0.1) is 0 Å². The Morgan fingerprint density at radius 3 is 1.86 bits per heavy atom. The zero-order valence-corrected chi connectivity index (χ0v) is 10.2. The van der Waals surface area contributed by atoms with Crippen LogP contribution in [0.2, 0.25) is 0 Å². The van der Waals surface area contributed by atoms with Crippen LogP contribution in [0.5, 0.6) is 0 Å². The van der Waals surface area contributed by atoms with Gasteiger partial charge in [0, 0.05) is 0 Å². The van der Waals surface area contributed by atoms with Crippen molar-refractivity contribution in [2.75, 3.05) is 21.1 Å². The zero-order chi connectivity index (χ0) is 11.6. The predicted octanol–water partition coefficient (Wildman–Crippen LogP) is 3.43. The second-order valence-electron chi connectivity index (χ2n) is 3.46. The van der Waals surface area contributed by atoms with E-state index in [1.807, 2.05) is 58.1 Å². The average Bonchev–Trinajstić information content (AvgIpc) is 2.04. The smallest absolute Gasteiger partial charge is 0.0140 e. The van der Waals surface area contributed by atoms with E-state index < -0.39 is 0 Å². The average molecular weight is 193 g/mol. The zero-order valence-electron chi connectivity index (χ0n) is 10.2. The van der Waals surface area contributed by atoms with Gasteiger partial charge in [-0.15, -0.1) is 0 Å². The summed E-state index contributed by atoms with van der Waals surface area (Å²) < 4.78 is 0. The molecule has 0 amide bonds. The van der Waals surface area contributed by atoms with Crippen molar-refractivity contribution in [1.82, 2.24) is 4.90 Å². The maximum absolute atomic E-state index is 3.83. The Balaban J connectivity index is 0. The number of rotatable bonds is 3. The Hall–Kier alpha value is -1.08. The third kappa shape index (κ3) is 13.5. The predicted molar refractivity (Wildman–Crippen MR) is 67.5 cm³/mol. The molecule has 0 N–H and O–H groups in total. The molecule has 0 aromatic rings. The van der Waals surface area contributed by atoms with Gasteiger partial charge in [-0.1, -0.05) is 43.0 Å². The number of hydrogen-bond acceptors (Lipinski definition) is 1. The molecule has 0 atom stereocenters. The summed E-state index contributed by atoms with van der Waals surface area (Å²) in [5, 5.41) is 0. The first kappa shape index (κ1) is 15.4. The minimum atomic E-state index is 1.08. The van der Waals surface area contributed by atoms with Crippen LogP contribution in [0.3, 0.4) is 0 Å². The summed E-state index contributed by atoms with van der Waals surface area (Å²) in [6, 6.07) is 0. The van der Waals surface area contributed by atoms with Crippen molar-refractivity contribution in [3.05, 3.63) is 48.6 Å². The van der Waals surface area contributed by atoms with E-state index in [-0.39, 0.29) is 0 Å². The molecule has 0 unspecified atom stereocenters. The van der Waals surface area contributed by atoms with Crippen LogP contribution < -0.4 is 0 Å². The molecule has 0 saturated heterocycles. The highest BCUT2D eigenvalue weighted by Crippen LogP contribution is 2.07. The number of hydrogen-bond donors (Lipinski definition) is 0. The fourth-order valence-corrected chi connectivity index (χ4v) is 0.657. The summed E-state index contributed by atoms with van der Waals surface area (Å²) in [5.74, 6) is 0. The Morgan fingerprint density at radius 1 is 1.21 bits per heavy atom. The Bertz CT molecular complexity index is 217. The van der Waals surface area contributed by atoms with Gasteiger partial charge in [-0.25, -0.2) is 0 Å². The first-order valence-corrected chi connectivity index (χ1v) is 4.67. The third-order valence-corrected chi connectivity index (χ3v) is 1.22. The molecule has 0 aliphatic rings. The Kier molecular flexibility index (Phi) is 11.0. The molecule has 0 saturated carbocycles. The Labute approximate surface area is 89.1 Å². The van der Waals surface area contributed by atoms with Gasteiger partial charge in [0.15, 0.2) is 0 Å². The Morgan fingerprint density at radius 2 is 1.64 bits per heavy atom. The molecule has 0 rings (SSSR count). The van der Waals surface area contributed by atoms with E-state index in [4.69, 9.17) is 0 Å². The van der Waals surface area contributed by atoms with Crippen LogP contribution in [0.15, 0.2) is 48.6 Å². The van der Waals surface area contributed by atoms with Crippen molar-refractivity contribution in [1.29, 1.82) is 0 Å². The molecule has 0 aromatic heterocycles. The van der Waals surface area contributed by atoms with Crippen molar-refractivity contribution < 1.29 is 0 Å². The topological polar surface area (TPSA) is 3.24 Å². The van der Waals surface area contributed by atoms with Crippen molar-refractivity contribution in [3.63, 3.8) is 0 Å². The molecule has 0 aromatic carbocycles. The fraction of sp³-hybridized carbons (Fsp3) is 0.385. The van der Waals surface area contributed by atoms with E-state index in [2.05, 4.69) is 13.2 Å². The van der Waals surface area contributed by atoms with Crippen LogP contribution >= 0.6 is 0 Å². The molecule has 14 heavy (non-hydrogen) atoms. The van der Waals surface area contributed by atoms with Gasteiger partial charge >= 0.3 is 0 Å². The van der Waals surface area contributed by atoms with Gasteiger partial charge in [-0.05, 0) is 40.6 Å². The van der Waals surface area contributed by atoms with Crippen molar-refractivity contribution >= 4 is 0 Å². The van der Waals surface area contributed by atoms with E-state index in [9.17, 15) is 0 Å². The van der Waals surface area contributed by atoms with Gasteiger partial charge in [0.05, 0.1) is 0 Å². The van der Waals surface area contributed by atoms with Gasteiger partial charge in [0.2, 0.25) is 0 Å². The monoisotopic (exact) mass is 193 g/mol. The van der Waals surface area contributed by atoms with Gasteiger partial charge in [-0.2, -0.15) is 0 Å². The lowest BCUT2D eigenvalue weighted by molar-refractivity contribution is 0.505. The SMILES string of the molecule is C=C/C=C\C(=C/C)C(=C)C.CN(C)C. The van der Waals surface area contributed by atoms with Crippen molar-refractivity contribution in [2.24, 2.45) is 0 Å². The lowest BCUT2D eigenvalue weighted by atomic mass is 10.1. The van der Waals surface area contributed by atoms with E-state index in [0.29, 0.717) is 0 Å². The number of nitrogens with zero attached hydrogens (tertiary/aromatic N) is 1. The molecule has 0 bridgehead atoms. The van der Waals surface area contributed by atoms with E-state index in [1.165, 1.54) is 5.57 Å². The highest BCUT2D eigenvalue weighted by atomic mass is 15.0. The molecule has 0 aliphatic heterocycles. The molecular weight excluding hydrogens is 170 g/mol. The molecule has 0 radical (unpaired) electrons. The maximum atomic E-state index is 3.83. The van der Waals surface area contributed by atoms with Gasteiger partial charge in [-0.3, -0.25) is 0 Å². The highest BCUT2D eigenvalue weighted by molar-refractivity contribution is 5.36. The van der Waals surface area contributed by atoms with Crippen LogP contribution in [-0.2, 0) is 0 Å². The van der Waals surface area contributed by atoms with Crippen LogP contribution in [0.1, 0.15) is 13.8 Å². The normalized spacial score (nSPS) is 11.1. The van der Waals surface area contributed by atoms with Gasteiger partial charge in [0.25, 0.3) is 0 Å². The van der Waals surface area contributed by atoms with E-state index in [0.717, 1.165) is 5.57 Å².